The number of benzene rings is 9. The second kappa shape index (κ2) is 12.1. The fourth-order valence-corrected chi connectivity index (χ4v) is 10.7. The standard InChI is InChI=1S/C52H35N3S/c1-53-51-49(56-52(53)34-12-4-2-5-13-34)29-24-33-20-21-37-30-39(25-26-40(37)50(33)51)55-46-19-11-9-17-42(46)44-32-36(23-28-48(44)55)35-22-27-47-43(31-35)41-16-8-10-18-45(41)54(47)38-14-6-3-7-15-38/h2-32,52H,1H3. The van der Waals surface area contributed by atoms with Gasteiger partial charge in [0, 0.05) is 50.2 Å². The van der Waals surface area contributed by atoms with Crippen LogP contribution in [0.3, 0.4) is 0 Å². The lowest BCUT2D eigenvalue weighted by molar-refractivity contribution is 0.918. The SMILES string of the molecule is CN1c2c(ccc3ccc4cc(-n5c6ccccc6c6cc(-c7ccc8c(c7)c7ccccc7n8-c7ccccc7)ccc65)ccc4c23)SC1c1ccccc1. The maximum atomic E-state index is 2.47. The number of hydrogen-bond donors (Lipinski definition) is 0. The Morgan fingerprint density at radius 2 is 0.964 bits per heavy atom. The third kappa shape index (κ3) is 4.60. The van der Waals surface area contributed by atoms with Crippen molar-refractivity contribution in [3.05, 3.63) is 194 Å². The van der Waals surface area contributed by atoms with Gasteiger partial charge in [-0.05, 0) is 99.6 Å². The summed E-state index contributed by atoms with van der Waals surface area (Å²) in [5, 5.41) is 10.4. The van der Waals surface area contributed by atoms with E-state index in [-0.39, 0.29) is 5.37 Å². The lowest BCUT2D eigenvalue weighted by atomic mass is 9.99. The van der Waals surface area contributed by atoms with Crippen molar-refractivity contribution in [1.29, 1.82) is 0 Å². The highest BCUT2D eigenvalue weighted by Crippen LogP contribution is 2.54. The Hall–Kier alpha value is -6.75. The van der Waals surface area contributed by atoms with Crippen LogP contribution in [0.4, 0.5) is 5.69 Å². The van der Waals surface area contributed by atoms with Crippen LogP contribution in [0, 0.1) is 0 Å². The summed E-state index contributed by atoms with van der Waals surface area (Å²) in [6, 6.07) is 69.3. The normalized spacial score (nSPS) is 14.2. The molecule has 0 spiro atoms. The first kappa shape index (κ1) is 31.6. The quantitative estimate of drug-likeness (QED) is 0.167. The number of para-hydroxylation sites is 3. The number of anilines is 1. The Labute approximate surface area is 328 Å². The van der Waals surface area contributed by atoms with Gasteiger partial charge < -0.3 is 14.0 Å². The summed E-state index contributed by atoms with van der Waals surface area (Å²) in [7, 11) is 2.25. The Morgan fingerprint density at radius 3 is 1.64 bits per heavy atom. The fourth-order valence-electron chi connectivity index (χ4n) is 9.35. The number of hydrogen-bond acceptors (Lipinski definition) is 2. The highest BCUT2D eigenvalue weighted by Gasteiger charge is 2.31. The Kier molecular flexibility index (Phi) is 6.84. The van der Waals surface area contributed by atoms with Crippen molar-refractivity contribution in [2.75, 3.05) is 11.9 Å². The van der Waals surface area contributed by atoms with Crippen molar-refractivity contribution in [3.63, 3.8) is 0 Å². The molecule has 0 N–H and O–H groups in total. The summed E-state index contributed by atoms with van der Waals surface area (Å²) in [4.78, 5) is 3.80. The summed E-state index contributed by atoms with van der Waals surface area (Å²) in [6.07, 6.45) is 0. The van der Waals surface area contributed by atoms with E-state index in [0.717, 1.165) is 0 Å². The van der Waals surface area contributed by atoms with E-state index in [1.807, 2.05) is 11.8 Å². The van der Waals surface area contributed by atoms with Crippen LogP contribution in [0.2, 0.25) is 0 Å². The van der Waals surface area contributed by atoms with E-state index >= 15 is 0 Å². The van der Waals surface area contributed by atoms with Gasteiger partial charge in [-0.2, -0.15) is 0 Å². The van der Waals surface area contributed by atoms with Crippen LogP contribution in [0.5, 0.6) is 0 Å². The van der Waals surface area contributed by atoms with Crippen LogP contribution in [-0.2, 0) is 0 Å². The monoisotopic (exact) mass is 733 g/mol. The number of rotatable bonds is 4. The van der Waals surface area contributed by atoms with E-state index in [1.165, 1.54) is 104 Å². The molecule has 2 aromatic heterocycles. The first-order valence-corrected chi connectivity index (χ1v) is 20.1. The minimum absolute atomic E-state index is 0.255. The van der Waals surface area contributed by atoms with E-state index in [9.17, 15) is 0 Å². The third-order valence-corrected chi connectivity index (χ3v) is 13.3. The number of thioether (sulfide) groups is 1. The van der Waals surface area contributed by atoms with E-state index in [4.69, 9.17) is 0 Å². The molecule has 1 unspecified atom stereocenters. The van der Waals surface area contributed by atoms with Crippen LogP contribution >= 0.6 is 11.8 Å². The molecule has 0 saturated carbocycles. The molecule has 12 rings (SSSR count). The fraction of sp³-hybridized carbons (Fsp3) is 0.0385. The molecule has 0 saturated heterocycles. The van der Waals surface area contributed by atoms with Gasteiger partial charge in [-0.25, -0.2) is 0 Å². The molecule has 4 heteroatoms. The van der Waals surface area contributed by atoms with Gasteiger partial charge in [0.05, 0.1) is 27.8 Å². The first-order valence-electron chi connectivity index (χ1n) is 19.3. The van der Waals surface area contributed by atoms with E-state index in [1.54, 1.807) is 0 Å². The van der Waals surface area contributed by atoms with Crippen molar-refractivity contribution in [2.45, 2.75) is 10.3 Å². The maximum Gasteiger partial charge on any atom is 0.105 e. The molecule has 9 aromatic carbocycles. The second-order valence-electron chi connectivity index (χ2n) is 15.0. The molecule has 1 aliphatic heterocycles. The van der Waals surface area contributed by atoms with Crippen LogP contribution in [-0.4, -0.2) is 16.2 Å². The molecule has 1 aliphatic rings. The van der Waals surface area contributed by atoms with Gasteiger partial charge in [0.1, 0.15) is 5.37 Å². The largest absolute Gasteiger partial charge is 0.357 e. The number of fused-ring (bicyclic) bond motifs is 11. The van der Waals surface area contributed by atoms with Gasteiger partial charge in [-0.3, -0.25) is 0 Å². The van der Waals surface area contributed by atoms with E-state index in [0.29, 0.717) is 0 Å². The predicted octanol–water partition coefficient (Wildman–Crippen LogP) is 14.1. The second-order valence-corrected chi connectivity index (χ2v) is 16.1. The highest BCUT2D eigenvalue weighted by atomic mass is 32.2. The molecule has 264 valence electrons. The average molecular weight is 734 g/mol. The molecule has 1 atom stereocenters. The van der Waals surface area contributed by atoms with Crippen molar-refractivity contribution < 1.29 is 0 Å². The average Bonchev–Trinajstić information content (AvgIpc) is 3.90. The molecule has 0 radical (unpaired) electrons. The number of aromatic nitrogens is 2. The molecule has 3 heterocycles. The zero-order chi connectivity index (χ0) is 36.9. The van der Waals surface area contributed by atoms with Gasteiger partial charge in [-0.1, -0.05) is 133 Å². The molecular formula is C52H35N3S. The molecule has 0 aliphatic carbocycles. The smallest absolute Gasteiger partial charge is 0.105 e. The molecule has 11 aromatic rings. The van der Waals surface area contributed by atoms with Crippen molar-refractivity contribution in [2.24, 2.45) is 0 Å². The highest BCUT2D eigenvalue weighted by molar-refractivity contribution is 8.00. The minimum Gasteiger partial charge on any atom is -0.357 e. The molecule has 0 bridgehead atoms. The summed E-state index contributed by atoms with van der Waals surface area (Å²) in [5.41, 5.74) is 12.3. The van der Waals surface area contributed by atoms with Crippen LogP contribution in [0.25, 0.3) is 87.7 Å². The van der Waals surface area contributed by atoms with Crippen molar-refractivity contribution in [3.8, 4) is 22.5 Å². The van der Waals surface area contributed by atoms with Crippen molar-refractivity contribution >= 4 is 82.6 Å². The Morgan fingerprint density at radius 1 is 0.411 bits per heavy atom. The molecule has 0 fully saturated rings. The van der Waals surface area contributed by atoms with Crippen LogP contribution in [0.15, 0.2) is 193 Å². The lowest BCUT2D eigenvalue weighted by Crippen LogP contribution is -2.17. The molecular weight excluding hydrogens is 699 g/mol. The van der Waals surface area contributed by atoms with E-state index in [2.05, 4.69) is 209 Å². The minimum atomic E-state index is 0.255. The van der Waals surface area contributed by atoms with Gasteiger partial charge in [-0.15, -0.1) is 0 Å². The van der Waals surface area contributed by atoms with Gasteiger partial charge in [0.2, 0.25) is 0 Å². The summed E-state index contributed by atoms with van der Waals surface area (Å²) >= 11 is 1.95. The lowest BCUT2D eigenvalue weighted by Gasteiger charge is -2.23. The topological polar surface area (TPSA) is 13.1 Å². The zero-order valence-electron chi connectivity index (χ0n) is 30.7. The molecule has 3 nitrogen and oxygen atoms in total. The van der Waals surface area contributed by atoms with Gasteiger partial charge in [0.25, 0.3) is 0 Å². The Bertz CT molecular complexity index is 3360. The van der Waals surface area contributed by atoms with Crippen LogP contribution in [0.1, 0.15) is 10.9 Å². The predicted molar refractivity (Wildman–Crippen MR) is 239 cm³/mol. The summed E-state index contributed by atoms with van der Waals surface area (Å²) in [5.74, 6) is 0. The summed E-state index contributed by atoms with van der Waals surface area (Å²) < 4.78 is 4.82. The molecule has 56 heavy (non-hydrogen) atoms. The Balaban J connectivity index is 0.994. The van der Waals surface area contributed by atoms with Gasteiger partial charge >= 0.3 is 0 Å². The number of nitrogens with zero attached hydrogens (tertiary/aromatic N) is 3. The molecule has 0 amide bonds. The third-order valence-electron chi connectivity index (χ3n) is 11.9. The first-order chi connectivity index (χ1) is 27.7. The van der Waals surface area contributed by atoms with Crippen molar-refractivity contribution in [1.82, 2.24) is 9.13 Å². The zero-order valence-corrected chi connectivity index (χ0v) is 31.5. The van der Waals surface area contributed by atoms with E-state index < -0.39 is 0 Å². The summed E-state index contributed by atoms with van der Waals surface area (Å²) in [6.45, 7) is 0. The van der Waals surface area contributed by atoms with Crippen LogP contribution < -0.4 is 4.90 Å². The maximum absolute atomic E-state index is 2.47. The van der Waals surface area contributed by atoms with Gasteiger partial charge in [0.15, 0.2) is 0 Å².